The highest BCUT2D eigenvalue weighted by Gasteiger charge is 2.53. The zero-order chi connectivity index (χ0) is 29.2. The van der Waals surface area contributed by atoms with E-state index in [0.717, 1.165) is 49.8 Å². The Balaban J connectivity index is 1.14. The summed E-state index contributed by atoms with van der Waals surface area (Å²) in [5.41, 5.74) is 1.33. The lowest BCUT2D eigenvalue weighted by Gasteiger charge is -2.37. The van der Waals surface area contributed by atoms with Crippen LogP contribution in [0.5, 0.6) is 5.88 Å². The van der Waals surface area contributed by atoms with Crippen LogP contribution in [0.4, 0.5) is 23.2 Å². The van der Waals surface area contributed by atoms with E-state index in [2.05, 4.69) is 36.9 Å². The van der Waals surface area contributed by atoms with Crippen molar-refractivity contribution in [2.24, 2.45) is 0 Å². The Labute approximate surface area is 235 Å². The molecule has 1 aliphatic carbocycles. The predicted molar refractivity (Wildman–Crippen MR) is 143 cm³/mol. The number of amides is 1. The average molecular weight is 571 g/mol. The quantitative estimate of drug-likeness (QED) is 0.376. The minimum Gasteiger partial charge on any atom is -0.472 e. The second-order valence-electron chi connectivity index (χ2n) is 10.3. The van der Waals surface area contributed by atoms with Gasteiger partial charge in [-0.25, -0.2) is 4.39 Å². The van der Waals surface area contributed by atoms with Gasteiger partial charge in [0.2, 0.25) is 11.8 Å². The lowest BCUT2D eigenvalue weighted by atomic mass is 10.0. The summed E-state index contributed by atoms with van der Waals surface area (Å²) in [5.74, 6) is -0.469. The molecule has 1 amide bonds. The van der Waals surface area contributed by atoms with Gasteiger partial charge in [0.25, 0.3) is 0 Å². The van der Waals surface area contributed by atoms with Crippen molar-refractivity contribution in [1.29, 1.82) is 0 Å². The Morgan fingerprint density at radius 1 is 1.07 bits per heavy atom. The molecule has 1 N–H and O–H groups in total. The molecule has 0 bridgehead atoms. The summed E-state index contributed by atoms with van der Waals surface area (Å²) in [6.45, 7) is 9.20. The maximum atomic E-state index is 14.9. The molecule has 0 spiro atoms. The normalized spacial score (nSPS) is 16.3. The summed E-state index contributed by atoms with van der Waals surface area (Å²) < 4.78 is 58.4. The van der Waals surface area contributed by atoms with Gasteiger partial charge in [-0.1, -0.05) is 18.7 Å². The Morgan fingerprint density at radius 3 is 2.39 bits per heavy atom. The van der Waals surface area contributed by atoms with Crippen molar-refractivity contribution in [2.45, 2.75) is 44.5 Å². The maximum absolute atomic E-state index is 14.9. The van der Waals surface area contributed by atoms with Crippen LogP contribution in [0.15, 0.2) is 60.9 Å². The van der Waals surface area contributed by atoms with Crippen LogP contribution in [-0.2, 0) is 29.5 Å². The van der Waals surface area contributed by atoms with E-state index in [1.807, 2.05) is 13.0 Å². The van der Waals surface area contributed by atoms with Crippen LogP contribution in [-0.4, -0.2) is 52.2 Å². The lowest BCUT2D eigenvalue weighted by molar-refractivity contribution is -0.141. The largest absolute Gasteiger partial charge is 0.472 e. The van der Waals surface area contributed by atoms with E-state index in [1.165, 1.54) is 12.1 Å². The van der Waals surface area contributed by atoms with Gasteiger partial charge >= 0.3 is 6.18 Å². The number of allylic oxidation sites excluding steroid dienone is 1. The molecule has 3 aromatic rings. The molecule has 0 unspecified atom stereocenters. The van der Waals surface area contributed by atoms with Gasteiger partial charge in [0.15, 0.2) is 0 Å². The van der Waals surface area contributed by atoms with Gasteiger partial charge in [0.1, 0.15) is 18.1 Å². The topological polar surface area (TPSA) is 83.5 Å². The van der Waals surface area contributed by atoms with E-state index in [1.54, 1.807) is 18.2 Å². The van der Waals surface area contributed by atoms with Gasteiger partial charge in [0.05, 0.1) is 11.1 Å². The highest BCUT2D eigenvalue weighted by atomic mass is 19.4. The van der Waals surface area contributed by atoms with E-state index in [9.17, 15) is 22.4 Å². The number of aromatic nitrogens is 3. The van der Waals surface area contributed by atoms with Crippen LogP contribution in [0.3, 0.4) is 0 Å². The Kier molecular flexibility index (Phi) is 7.83. The molecular formula is C29H30F4N6O2. The van der Waals surface area contributed by atoms with Crippen LogP contribution in [0, 0.1) is 5.82 Å². The smallest absolute Gasteiger partial charge is 0.433 e. The number of rotatable bonds is 9. The molecule has 1 saturated carbocycles. The van der Waals surface area contributed by atoms with Crippen molar-refractivity contribution >= 4 is 11.6 Å². The second-order valence-corrected chi connectivity index (χ2v) is 10.3. The van der Waals surface area contributed by atoms with E-state index in [0.29, 0.717) is 29.7 Å². The van der Waals surface area contributed by atoms with Gasteiger partial charge < -0.3 is 19.9 Å². The molecule has 2 fully saturated rings. The van der Waals surface area contributed by atoms with E-state index in [-0.39, 0.29) is 30.8 Å². The Morgan fingerprint density at radius 2 is 1.83 bits per heavy atom. The minimum absolute atomic E-state index is 0.0418. The summed E-state index contributed by atoms with van der Waals surface area (Å²) in [6.07, 6.45) is -2.24. The molecule has 2 aliphatic rings. The molecule has 8 nitrogen and oxygen atoms in total. The lowest BCUT2D eigenvalue weighted by Crippen LogP contribution is -2.45. The number of piperazine rings is 1. The van der Waals surface area contributed by atoms with Crippen molar-refractivity contribution in [3.63, 3.8) is 0 Å². The zero-order valence-corrected chi connectivity index (χ0v) is 22.5. The highest BCUT2D eigenvalue weighted by molar-refractivity contribution is 5.90. The first-order chi connectivity index (χ1) is 19.5. The summed E-state index contributed by atoms with van der Waals surface area (Å²) in [4.78, 5) is 20.8. The molecule has 5 rings (SSSR count). The third kappa shape index (κ3) is 6.41. The van der Waals surface area contributed by atoms with Crippen LogP contribution >= 0.6 is 0 Å². The fourth-order valence-corrected chi connectivity index (χ4v) is 4.78. The summed E-state index contributed by atoms with van der Waals surface area (Å²) in [5, 5.41) is 11.0. The van der Waals surface area contributed by atoms with Crippen LogP contribution in [0.1, 0.15) is 42.3 Å². The monoisotopic (exact) mass is 570 g/mol. The molecule has 1 aromatic carbocycles. The number of carbonyl (C=O) groups is 1. The molecule has 0 radical (unpaired) electrons. The zero-order valence-electron chi connectivity index (χ0n) is 22.5. The van der Waals surface area contributed by atoms with Crippen molar-refractivity contribution in [3.05, 3.63) is 89.3 Å². The fourth-order valence-electron chi connectivity index (χ4n) is 4.78. The first-order valence-corrected chi connectivity index (χ1v) is 13.3. The number of benzene rings is 1. The molecule has 2 aromatic heterocycles. The van der Waals surface area contributed by atoms with Crippen LogP contribution in [0.25, 0.3) is 0 Å². The van der Waals surface area contributed by atoms with E-state index < -0.39 is 17.3 Å². The Bertz CT molecular complexity index is 1400. The summed E-state index contributed by atoms with van der Waals surface area (Å²) in [6, 6.07) is 10.4. The number of hydrogen-bond donors (Lipinski definition) is 1. The molecule has 1 saturated heterocycles. The standard InChI is InChI=1S/C29H30F4N6O2/c1-19(2)38-11-13-39(14-12-38)22-5-4-21(23(30)15-22)17-35-27(40)28(9-10-28)24-7-8-26(37-36-24)41-18-20-3-6-25(34-16-20)29(31,32)33/h3-8,15-16H,1,9-14,17-18H2,2H3,(H,35,40). The van der Waals surface area contributed by atoms with Gasteiger partial charge in [-0.05, 0) is 44.0 Å². The number of ether oxygens (including phenoxy) is 1. The van der Waals surface area contributed by atoms with E-state index >= 15 is 0 Å². The molecule has 0 atom stereocenters. The van der Waals surface area contributed by atoms with Gasteiger partial charge in [-0.3, -0.25) is 9.78 Å². The number of anilines is 1. The van der Waals surface area contributed by atoms with Crippen molar-refractivity contribution in [2.75, 3.05) is 31.1 Å². The number of pyridine rings is 1. The fraction of sp³-hybridized carbons (Fsp3) is 0.379. The molecule has 3 heterocycles. The molecule has 216 valence electrons. The highest BCUT2D eigenvalue weighted by Crippen LogP contribution is 2.47. The molecule has 12 heteroatoms. The summed E-state index contributed by atoms with van der Waals surface area (Å²) >= 11 is 0. The average Bonchev–Trinajstić information content (AvgIpc) is 3.78. The number of nitrogens with zero attached hydrogens (tertiary/aromatic N) is 5. The van der Waals surface area contributed by atoms with Gasteiger partial charge in [0, 0.05) is 67.5 Å². The first-order valence-electron chi connectivity index (χ1n) is 13.3. The number of hydrogen-bond acceptors (Lipinski definition) is 7. The predicted octanol–water partition coefficient (Wildman–Crippen LogP) is 4.61. The number of nitrogens with one attached hydrogen (secondary N) is 1. The van der Waals surface area contributed by atoms with Crippen molar-refractivity contribution in [1.82, 2.24) is 25.4 Å². The van der Waals surface area contributed by atoms with E-state index in [4.69, 9.17) is 4.74 Å². The third-order valence-electron chi connectivity index (χ3n) is 7.48. The third-order valence-corrected chi connectivity index (χ3v) is 7.48. The van der Waals surface area contributed by atoms with Crippen molar-refractivity contribution in [3.8, 4) is 5.88 Å². The SMILES string of the molecule is C=C(C)N1CCN(c2ccc(CNC(=O)C3(c4ccc(OCc5ccc(C(F)(F)F)nc5)nn4)CC3)c(F)c2)CC1. The number of alkyl halides is 3. The number of halogens is 4. The summed E-state index contributed by atoms with van der Waals surface area (Å²) in [7, 11) is 0. The first kappa shape index (κ1) is 28.3. The molecular weight excluding hydrogens is 540 g/mol. The maximum Gasteiger partial charge on any atom is 0.433 e. The van der Waals surface area contributed by atoms with Crippen LogP contribution < -0.4 is 15.0 Å². The van der Waals surface area contributed by atoms with Crippen molar-refractivity contribution < 1.29 is 27.1 Å². The molecule has 41 heavy (non-hydrogen) atoms. The van der Waals surface area contributed by atoms with Gasteiger partial charge in [-0.15, -0.1) is 5.10 Å². The minimum atomic E-state index is -4.51. The van der Waals surface area contributed by atoms with Gasteiger partial charge in [-0.2, -0.15) is 18.3 Å². The van der Waals surface area contributed by atoms with Crippen LogP contribution in [0.2, 0.25) is 0 Å². The number of carbonyl (C=O) groups excluding carboxylic acids is 1. The Hall–Kier alpha value is -4.22. The second kappa shape index (κ2) is 11.3. The molecule has 1 aliphatic heterocycles.